The van der Waals surface area contributed by atoms with Gasteiger partial charge in [-0.1, -0.05) is 49.7 Å². The van der Waals surface area contributed by atoms with Gasteiger partial charge in [-0.2, -0.15) is 0 Å². The van der Waals surface area contributed by atoms with Gasteiger partial charge in [-0.15, -0.1) is 0 Å². The number of rotatable bonds is 5. The first-order valence-electron chi connectivity index (χ1n) is 10.4. The van der Waals surface area contributed by atoms with Crippen molar-refractivity contribution in [2.24, 2.45) is 10.9 Å². The molecule has 1 amide bonds. The number of aryl methyl sites for hydroxylation is 2. The van der Waals surface area contributed by atoms with Crippen molar-refractivity contribution in [3.8, 4) is 0 Å². The van der Waals surface area contributed by atoms with E-state index in [1.165, 1.54) is 28.2 Å². The minimum Gasteiger partial charge on any atom is -0.347 e. The Hall–Kier alpha value is -2.79. The number of hydrogen-bond acceptors (Lipinski definition) is 3. The molecule has 1 aliphatic heterocycles. The molecular formula is C25H27N3OS. The maximum atomic E-state index is 13.3. The van der Waals surface area contributed by atoms with Crippen LogP contribution in [0.1, 0.15) is 31.9 Å². The maximum absolute atomic E-state index is 13.3. The van der Waals surface area contributed by atoms with E-state index in [9.17, 15) is 4.79 Å². The first-order chi connectivity index (χ1) is 14.5. The fraction of sp³-hybridized carbons (Fsp3) is 0.280. The number of carbonyl (C=O) groups excluding carboxylic acids is 1. The first kappa shape index (κ1) is 20.5. The Morgan fingerprint density at radius 2 is 1.83 bits per heavy atom. The molecule has 1 aromatic heterocycles. The van der Waals surface area contributed by atoms with Gasteiger partial charge in [-0.3, -0.25) is 9.69 Å². The molecule has 0 radical (unpaired) electrons. The van der Waals surface area contributed by atoms with E-state index in [1.54, 1.807) is 0 Å². The number of benzene rings is 2. The molecule has 5 heteroatoms. The quantitative estimate of drug-likeness (QED) is 0.462. The maximum Gasteiger partial charge on any atom is 0.266 e. The Kier molecular flexibility index (Phi) is 5.82. The molecule has 3 aromatic rings. The number of aromatic nitrogens is 1. The minimum atomic E-state index is 0.0351. The molecule has 1 fully saturated rings. The first-order valence-corrected chi connectivity index (χ1v) is 11.2. The normalized spacial score (nSPS) is 17.2. The zero-order chi connectivity index (χ0) is 21.3. The Morgan fingerprint density at radius 3 is 2.53 bits per heavy atom. The van der Waals surface area contributed by atoms with E-state index in [-0.39, 0.29) is 5.91 Å². The van der Waals surface area contributed by atoms with Crippen LogP contribution < -0.4 is 0 Å². The van der Waals surface area contributed by atoms with Crippen LogP contribution in [0.25, 0.3) is 17.0 Å². The second-order valence-electron chi connectivity index (χ2n) is 8.04. The van der Waals surface area contributed by atoms with Crippen molar-refractivity contribution in [2.75, 3.05) is 6.54 Å². The molecule has 154 valence electrons. The smallest absolute Gasteiger partial charge is 0.266 e. The molecule has 1 aliphatic rings. The number of amides is 1. The SMILES string of the molecule is CCn1cc(/C=C2/SC(=Nc3ccc(C)cc3)N(CC(C)C)C2=O)c2ccccc21. The molecule has 0 spiro atoms. The number of para-hydroxylation sites is 1. The van der Waals surface area contributed by atoms with E-state index in [0.29, 0.717) is 12.5 Å². The lowest BCUT2D eigenvalue weighted by Crippen LogP contribution is -2.32. The molecule has 2 heterocycles. The van der Waals surface area contributed by atoms with Gasteiger partial charge in [-0.25, -0.2) is 4.99 Å². The van der Waals surface area contributed by atoms with Crippen LogP contribution in [0.5, 0.6) is 0 Å². The van der Waals surface area contributed by atoms with Crippen LogP contribution in [0.15, 0.2) is 64.6 Å². The summed E-state index contributed by atoms with van der Waals surface area (Å²) < 4.78 is 2.22. The highest BCUT2D eigenvalue weighted by molar-refractivity contribution is 8.18. The van der Waals surface area contributed by atoms with E-state index in [2.05, 4.69) is 56.7 Å². The fourth-order valence-electron chi connectivity index (χ4n) is 3.64. The molecule has 0 saturated carbocycles. The molecule has 4 rings (SSSR count). The predicted octanol–water partition coefficient (Wildman–Crippen LogP) is 6.23. The predicted molar refractivity (Wildman–Crippen MR) is 128 cm³/mol. The van der Waals surface area contributed by atoms with Crippen molar-refractivity contribution in [2.45, 2.75) is 34.2 Å². The van der Waals surface area contributed by atoms with Gasteiger partial charge >= 0.3 is 0 Å². The third-order valence-electron chi connectivity index (χ3n) is 5.14. The van der Waals surface area contributed by atoms with Crippen molar-refractivity contribution < 1.29 is 4.79 Å². The van der Waals surface area contributed by atoms with E-state index in [1.807, 2.05) is 41.3 Å². The molecule has 0 bridgehead atoms. The van der Waals surface area contributed by atoms with Crippen LogP contribution in [0.3, 0.4) is 0 Å². The molecule has 30 heavy (non-hydrogen) atoms. The molecule has 1 saturated heterocycles. The monoisotopic (exact) mass is 417 g/mol. The average molecular weight is 418 g/mol. The van der Waals surface area contributed by atoms with Crippen molar-refractivity contribution in [1.82, 2.24) is 9.47 Å². The average Bonchev–Trinajstić information content (AvgIpc) is 3.22. The summed E-state index contributed by atoms with van der Waals surface area (Å²) in [7, 11) is 0. The van der Waals surface area contributed by atoms with Crippen LogP contribution in [-0.2, 0) is 11.3 Å². The summed E-state index contributed by atoms with van der Waals surface area (Å²) in [6, 6.07) is 16.4. The molecule has 0 atom stereocenters. The summed E-state index contributed by atoms with van der Waals surface area (Å²) in [6.07, 6.45) is 4.15. The standard InChI is InChI=1S/C25H27N3OS/c1-5-27-16-19(21-8-6-7-9-22(21)27)14-23-24(29)28(15-17(2)3)25(30-23)26-20-12-10-18(4)11-13-20/h6-14,16-17H,5,15H2,1-4H3/b23-14+,26-25?. The number of amidine groups is 1. The molecule has 0 aliphatic carbocycles. The summed E-state index contributed by atoms with van der Waals surface area (Å²) >= 11 is 1.47. The Bertz CT molecular complexity index is 1140. The number of hydrogen-bond donors (Lipinski definition) is 0. The van der Waals surface area contributed by atoms with Crippen molar-refractivity contribution in [3.63, 3.8) is 0 Å². The van der Waals surface area contributed by atoms with Gasteiger partial charge in [-0.05, 0) is 55.8 Å². The number of carbonyl (C=O) groups is 1. The van der Waals surface area contributed by atoms with Gasteiger partial charge in [0.1, 0.15) is 0 Å². The number of aliphatic imine (C=N–C) groups is 1. The lowest BCUT2D eigenvalue weighted by molar-refractivity contribution is -0.122. The van der Waals surface area contributed by atoms with Gasteiger partial charge in [0, 0.05) is 35.8 Å². The number of nitrogens with zero attached hydrogens (tertiary/aromatic N) is 3. The highest BCUT2D eigenvalue weighted by atomic mass is 32.2. The Balaban J connectivity index is 1.74. The molecule has 2 aromatic carbocycles. The third kappa shape index (κ3) is 4.08. The van der Waals surface area contributed by atoms with Gasteiger partial charge in [0.15, 0.2) is 5.17 Å². The summed E-state index contributed by atoms with van der Waals surface area (Å²) in [6.45, 7) is 9.99. The second-order valence-corrected chi connectivity index (χ2v) is 9.05. The third-order valence-corrected chi connectivity index (χ3v) is 6.15. The van der Waals surface area contributed by atoms with Crippen molar-refractivity contribution in [1.29, 1.82) is 0 Å². The molecule has 4 nitrogen and oxygen atoms in total. The molecule has 0 N–H and O–H groups in total. The topological polar surface area (TPSA) is 37.6 Å². The highest BCUT2D eigenvalue weighted by Crippen LogP contribution is 2.36. The number of fused-ring (bicyclic) bond motifs is 1. The molecule has 0 unspecified atom stereocenters. The zero-order valence-corrected chi connectivity index (χ0v) is 18.7. The van der Waals surface area contributed by atoms with Gasteiger partial charge in [0.05, 0.1) is 10.6 Å². The van der Waals surface area contributed by atoms with Crippen LogP contribution in [0.4, 0.5) is 5.69 Å². The van der Waals surface area contributed by atoms with Gasteiger partial charge in [0.2, 0.25) is 0 Å². The molecular weight excluding hydrogens is 390 g/mol. The number of thioether (sulfide) groups is 1. The Labute approximate surface area is 182 Å². The Morgan fingerprint density at radius 1 is 1.10 bits per heavy atom. The van der Waals surface area contributed by atoms with Crippen LogP contribution in [0, 0.1) is 12.8 Å². The largest absolute Gasteiger partial charge is 0.347 e. The van der Waals surface area contributed by atoms with Gasteiger partial charge in [0.25, 0.3) is 5.91 Å². The van der Waals surface area contributed by atoms with E-state index >= 15 is 0 Å². The summed E-state index contributed by atoms with van der Waals surface area (Å²) in [5.41, 5.74) is 4.33. The van der Waals surface area contributed by atoms with Crippen LogP contribution in [0.2, 0.25) is 0 Å². The lowest BCUT2D eigenvalue weighted by Gasteiger charge is -2.17. The highest BCUT2D eigenvalue weighted by Gasteiger charge is 2.34. The van der Waals surface area contributed by atoms with Crippen LogP contribution >= 0.6 is 11.8 Å². The van der Waals surface area contributed by atoms with E-state index in [4.69, 9.17) is 4.99 Å². The van der Waals surface area contributed by atoms with Crippen molar-refractivity contribution in [3.05, 3.63) is 70.8 Å². The summed E-state index contributed by atoms with van der Waals surface area (Å²) in [5, 5.41) is 1.92. The summed E-state index contributed by atoms with van der Waals surface area (Å²) in [5.74, 6) is 0.395. The van der Waals surface area contributed by atoms with Gasteiger partial charge < -0.3 is 4.57 Å². The fourth-order valence-corrected chi connectivity index (χ4v) is 4.64. The van der Waals surface area contributed by atoms with E-state index < -0.39 is 0 Å². The van der Waals surface area contributed by atoms with E-state index in [0.717, 1.165) is 27.9 Å². The second kappa shape index (κ2) is 8.52. The minimum absolute atomic E-state index is 0.0351. The zero-order valence-electron chi connectivity index (χ0n) is 17.9. The van der Waals surface area contributed by atoms with Crippen LogP contribution in [-0.4, -0.2) is 27.1 Å². The van der Waals surface area contributed by atoms with Crippen molar-refractivity contribution >= 4 is 45.5 Å². The summed E-state index contributed by atoms with van der Waals surface area (Å²) in [4.78, 5) is 20.6. The lowest BCUT2D eigenvalue weighted by atomic mass is 10.1.